The molecular weight excluding hydrogens is 198 g/mol. The zero-order valence-electron chi connectivity index (χ0n) is 9.72. The minimum atomic E-state index is -0.0788. The highest BCUT2D eigenvalue weighted by molar-refractivity contribution is 5.35. The standard InChI is InChI=1S/C13H17N3/c1-3-10-6-4-5-7-12(10)13(14)11-8-15-16(2)9-11/h4-9,13H,3,14H2,1-2H3. The van der Waals surface area contributed by atoms with Crippen molar-refractivity contribution in [3.05, 3.63) is 53.3 Å². The van der Waals surface area contributed by atoms with E-state index in [2.05, 4.69) is 30.2 Å². The van der Waals surface area contributed by atoms with Crippen molar-refractivity contribution in [2.45, 2.75) is 19.4 Å². The summed E-state index contributed by atoms with van der Waals surface area (Å²) in [5.74, 6) is 0. The third-order valence-corrected chi connectivity index (χ3v) is 2.86. The molecule has 1 unspecified atom stereocenters. The number of nitrogens with two attached hydrogens (primary N) is 1. The van der Waals surface area contributed by atoms with Crippen molar-refractivity contribution in [2.75, 3.05) is 0 Å². The van der Waals surface area contributed by atoms with Crippen LogP contribution in [0.5, 0.6) is 0 Å². The molecule has 0 aliphatic heterocycles. The lowest BCUT2D eigenvalue weighted by Gasteiger charge is -2.14. The first kappa shape index (κ1) is 10.9. The van der Waals surface area contributed by atoms with Gasteiger partial charge in [-0.2, -0.15) is 5.10 Å². The van der Waals surface area contributed by atoms with Crippen LogP contribution in [0.2, 0.25) is 0 Å². The van der Waals surface area contributed by atoms with Crippen LogP contribution in [-0.4, -0.2) is 9.78 Å². The zero-order valence-corrected chi connectivity index (χ0v) is 9.72. The molecule has 0 spiro atoms. The number of aryl methyl sites for hydroxylation is 2. The lowest BCUT2D eigenvalue weighted by molar-refractivity contribution is 0.764. The van der Waals surface area contributed by atoms with Crippen LogP contribution in [0.25, 0.3) is 0 Å². The van der Waals surface area contributed by atoms with Gasteiger partial charge in [0.05, 0.1) is 12.2 Å². The van der Waals surface area contributed by atoms with Gasteiger partial charge in [-0.1, -0.05) is 31.2 Å². The van der Waals surface area contributed by atoms with Crippen LogP contribution in [0.15, 0.2) is 36.7 Å². The maximum Gasteiger partial charge on any atom is 0.0585 e. The molecule has 0 radical (unpaired) electrons. The monoisotopic (exact) mass is 215 g/mol. The summed E-state index contributed by atoms with van der Waals surface area (Å²) in [5, 5.41) is 4.16. The molecule has 0 aliphatic rings. The van der Waals surface area contributed by atoms with Gasteiger partial charge in [0, 0.05) is 18.8 Å². The lowest BCUT2D eigenvalue weighted by Crippen LogP contribution is -2.13. The second-order valence-corrected chi connectivity index (χ2v) is 3.98. The van der Waals surface area contributed by atoms with Crippen LogP contribution in [0.3, 0.4) is 0 Å². The number of hydrogen-bond acceptors (Lipinski definition) is 2. The Balaban J connectivity index is 2.36. The predicted octanol–water partition coefficient (Wildman–Crippen LogP) is 2.03. The van der Waals surface area contributed by atoms with Gasteiger partial charge in [0.15, 0.2) is 0 Å². The molecule has 84 valence electrons. The molecule has 0 saturated carbocycles. The van der Waals surface area contributed by atoms with E-state index in [9.17, 15) is 0 Å². The largest absolute Gasteiger partial charge is 0.320 e. The minimum Gasteiger partial charge on any atom is -0.320 e. The molecule has 2 N–H and O–H groups in total. The number of benzene rings is 1. The van der Waals surface area contributed by atoms with Crippen LogP contribution >= 0.6 is 0 Å². The number of nitrogens with zero attached hydrogens (tertiary/aromatic N) is 2. The molecule has 3 nitrogen and oxygen atoms in total. The van der Waals surface area contributed by atoms with Crippen LogP contribution in [-0.2, 0) is 13.5 Å². The molecule has 1 atom stereocenters. The predicted molar refractivity (Wildman–Crippen MR) is 65.1 cm³/mol. The van der Waals surface area contributed by atoms with Gasteiger partial charge >= 0.3 is 0 Å². The second kappa shape index (κ2) is 4.49. The van der Waals surface area contributed by atoms with Gasteiger partial charge in [-0.05, 0) is 17.5 Å². The Kier molecular flexibility index (Phi) is 3.06. The summed E-state index contributed by atoms with van der Waals surface area (Å²) in [6.07, 6.45) is 4.80. The Hall–Kier alpha value is -1.61. The summed E-state index contributed by atoms with van der Waals surface area (Å²) in [6, 6.07) is 8.23. The Morgan fingerprint density at radius 1 is 1.38 bits per heavy atom. The van der Waals surface area contributed by atoms with E-state index >= 15 is 0 Å². The topological polar surface area (TPSA) is 43.8 Å². The first-order chi connectivity index (χ1) is 7.72. The van der Waals surface area contributed by atoms with E-state index in [1.54, 1.807) is 4.68 Å². The van der Waals surface area contributed by atoms with E-state index in [4.69, 9.17) is 5.73 Å². The molecule has 2 rings (SSSR count). The molecular formula is C13H17N3. The summed E-state index contributed by atoms with van der Waals surface area (Å²) >= 11 is 0. The molecule has 1 aromatic carbocycles. The van der Waals surface area contributed by atoms with Crippen molar-refractivity contribution in [1.29, 1.82) is 0 Å². The molecule has 0 aliphatic carbocycles. The van der Waals surface area contributed by atoms with Crippen molar-refractivity contribution in [3.63, 3.8) is 0 Å². The quantitative estimate of drug-likeness (QED) is 0.851. The fourth-order valence-electron chi connectivity index (χ4n) is 1.94. The smallest absolute Gasteiger partial charge is 0.0585 e. The molecule has 16 heavy (non-hydrogen) atoms. The zero-order chi connectivity index (χ0) is 11.5. The van der Waals surface area contributed by atoms with Crippen LogP contribution in [0.4, 0.5) is 0 Å². The van der Waals surface area contributed by atoms with Crippen molar-refractivity contribution >= 4 is 0 Å². The van der Waals surface area contributed by atoms with Crippen molar-refractivity contribution in [3.8, 4) is 0 Å². The van der Waals surface area contributed by atoms with E-state index in [1.807, 2.05) is 25.5 Å². The summed E-state index contributed by atoms with van der Waals surface area (Å²) in [5.41, 5.74) is 9.81. The number of hydrogen-bond donors (Lipinski definition) is 1. The Labute approximate surface area is 95.9 Å². The van der Waals surface area contributed by atoms with Gasteiger partial charge < -0.3 is 5.73 Å². The number of aromatic nitrogens is 2. The lowest BCUT2D eigenvalue weighted by atomic mass is 9.96. The van der Waals surface area contributed by atoms with E-state index in [0.29, 0.717) is 0 Å². The fourth-order valence-corrected chi connectivity index (χ4v) is 1.94. The summed E-state index contributed by atoms with van der Waals surface area (Å²) in [7, 11) is 1.90. The summed E-state index contributed by atoms with van der Waals surface area (Å²) in [6.45, 7) is 2.15. The fraction of sp³-hybridized carbons (Fsp3) is 0.308. The van der Waals surface area contributed by atoms with Crippen LogP contribution in [0.1, 0.15) is 29.7 Å². The van der Waals surface area contributed by atoms with Gasteiger partial charge in [0.2, 0.25) is 0 Å². The third-order valence-electron chi connectivity index (χ3n) is 2.86. The number of rotatable bonds is 3. The molecule has 0 bridgehead atoms. The van der Waals surface area contributed by atoms with E-state index in [-0.39, 0.29) is 6.04 Å². The third kappa shape index (κ3) is 1.99. The minimum absolute atomic E-state index is 0.0788. The van der Waals surface area contributed by atoms with E-state index in [1.165, 1.54) is 11.1 Å². The van der Waals surface area contributed by atoms with Gasteiger partial charge in [-0.15, -0.1) is 0 Å². The SMILES string of the molecule is CCc1ccccc1C(N)c1cnn(C)c1. The molecule has 1 heterocycles. The highest BCUT2D eigenvalue weighted by Crippen LogP contribution is 2.22. The Bertz CT molecular complexity index is 474. The van der Waals surface area contributed by atoms with Crippen LogP contribution in [0, 0.1) is 0 Å². The van der Waals surface area contributed by atoms with Gasteiger partial charge in [0.1, 0.15) is 0 Å². The van der Waals surface area contributed by atoms with E-state index in [0.717, 1.165) is 12.0 Å². The maximum atomic E-state index is 6.25. The molecule has 0 saturated heterocycles. The summed E-state index contributed by atoms with van der Waals surface area (Å²) in [4.78, 5) is 0. The normalized spacial score (nSPS) is 12.7. The average molecular weight is 215 g/mol. The van der Waals surface area contributed by atoms with Crippen LogP contribution < -0.4 is 5.73 Å². The van der Waals surface area contributed by atoms with Crippen molar-refractivity contribution in [1.82, 2.24) is 9.78 Å². The van der Waals surface area contributed by atoms with Gasteiger partial charge in [0.25, 0.3) is 0 Å². The summed E-state index contributed by atoms with van der Waals surface area (Å²) < 4.78 is 1.78. The van der Waals surface area contributed by atoms with Gasteiger partial charge in [-0.3, -0.25) is 4.68 Å². The molecule has 1 aromatic heterocycles. The first-order valence-corrected chi connectivity index (χ1v) is 5.54. The first-order valence-electron chi connectivity index (χ1n) is 5.54. The van der Waals surface area contributed by atoms with Crippen molar-refractivity contribution in [2.24, 2.45) is 12.8 Å². The van der Waals surface area contributed by atoms with E-state index < -0.39 is 0 Å². The maximum absolute atomic E-state index is 6.25. The molecule has 3 heteroatoms. The Morgan fingerprint density at radius 2 is 2.12 bits per heavy atom. The Morgan fingerprint density at radius 3 is 2.75 bits per heavy atom. The molecule has 0 fully saturated rings. The molecule has 0 amide bonds. The average Bonchev–Trinajstić information content (AvgIpc) is 2.75. The second-order valence-electron chi connectivity index (χ2n) is 3.98. The molecule has 2 aromatic rings. The van der Waals surface area contributed by atoms with Crippen molar-refractivity contribution < 1.29 is 0 Å². The van der Waals surface area contributed by atoms with Gasteiger partial charge in [-0.25, -0.2) is 0 Å². The highest BCUT2D eigenvalue weighted by atomic mass is 15.2. The highest BCUT2D eigenvalue weighted by Gasteiger charge is 2.13.